The summed E-state index contributed by atoms with van der Waals surface area (Å²) in [7, 11) is 0. The lowest BCUT2D eigenvalue weighted by Gasteiger charge is -2.03. The smallest absolute Gasteiger partial charge is 0.272 e. The molecule has 1 amide bonds. The molecule has 0 radical (unpaired) electrons. The molecule has 0 aliphatic heterocycles. The number of aromatic amines is 2. The van der Waals surface area contributed by atoms with Gasteiger partial charge in [-0.25, -0.2) is 0 Å². The van der Waals surface area contributed by atoms with Gasteiger partial charge < -0.3 is 10.3 Å². The van der Waals surface area contributed by atoms with E-state index in [0.29, 0.717) is 18.2 Å². The van der Waals surface area contributed by atoms with Crippen molar-refractivity contribution in [3.8, 4) is 0 Å². The van der Waals surface area contributed by atoms with E-state index in [-0.39, 0.29) is 5.91 Å². The summed E-state index contributed by atoms with van der Waals surface area (Å²) in [5, 5.41) is 11.2. The molecule has 1 aliphatic rings. The Bertz CT molecular complexity index is 841. The first-order valence-electron chi connectivity index (χ1n) is 7.61. The minimum Gasteiger partial charge on any atom is -0.359 e. The lowest BCUT2D eigenvalue weighted by atomic mass is 10.1. The summed E-state index contributed by atoms with van der Waals surface area (Å²) >= 11 is 0. The maximum absolute atomic E-state index is 12.1. The highest BCUT2D eigenvalue weighted by Crippen LogP contribution is 2.38. The van der Waals surface area contributed by atoms with Crippen LogP contribution >= 0.6 is 0 Å². The zero-order chi connectivity index (χ0) is 15.1. The molecule has 112 valence electrons. The van der Waals surface area contributed by atoms with E-state index in [2.05, 4.69) is 32.6 Å². The second-order valence-electron chi connectivity index (χ2n) is 6.04. The molecule has 2 heterocycles. The average molecular weight is 294 g/mol. The summed E-state index contributed by atoms with van der Waals surface area (Å²) in [5.74, 6) is 0.446. The number of aryl methyl sites for hydroxylation is 1. The summed E-state index contributed by atoms with van der Waals surface area (Å²) in [6.07, 6.45) is 2.39. The fraction of sp³-hybridized carbons (Fsp3) is 0.294. The fourth-order valence-electron chi connectivity index (χ4n) is 2.77. The molecule has 0 unspecified atom stereocenters. The molecule has 5 nitrogen and oxygen atoms in total. The number of fused-ring (bicyclic) bond motifs is 1. The molecule has 2 aromatic heterocycles. The van der Waals surface area contributed by atoms with Gasteiger partial charge in [-0.15, -0.1) is 0 Å². The number of hydrogen-bond donors (Lipinski definition) is 3. The van der Waals surface area contributed by atoms with Gasteiger partial charge in [0.15, 0.2) is 0 Å². The fourth-order valence-corrected chi connectivity index (χ4v) is 2.77. The topological polar surface area (TPSA) is 73.6 Å². The highest BCUT2D eigenvalue weighted by molar-refractivity contribution is 5.92. The summed E-state index contributed by atoms with van der Waals surface area (Å²) < 4.78 is 0. The lowest BCUT2D eigenvalue weighted by molar-refractivity contribution is 0.0946. The van der Waals surface area contributed by atoms with Crippen molar-refractivity contribution in [2.75, 3.05) is 0 Å². The minimum atomic E-state index is -0.131. The normalized spacial score (nSPS) is 14.4. The van der Waals surface area contributed by atoms with E-state index < -0.39 is 0 Å². The molecular weight excluding hydrogens is 276 g/mol. The quantitative estimate of drug-likeness (QED) is 0.692. The largest absolute Gasteiger partial charge is 0.359 e. The van der Waals surface area contributed by atoms with Gasteiger partial charge in [-0.1, -0.05) is 6.07 Å². The Morgan fingerprint density at radius 1 is 1.32 bits per heavy atom. The highest BCUT2D eigenvalue weighted by atomic mass is 16.1. The standard InChI is InChI=1S/C17H18N4O/c1-10-6-13-7-11(2-5-14(13)19-10)9-18-17(22)16-8-15(20-21-16)12-3-4-12/h2,5-8,12,19H,3-4,9H2,1H3,(H,18,22)(H,20,21). The molecule has 3 aromatic rings. The van der Waals surface area contributed by atoms with Crippen molar-refractivity contribution in [3.05, 3.63) is 53.0 Å². The Balaban J connectivity index is 1.44. The minimum absolute atomic E-state index is 0.131. The van der Waals surface area contributed by atoms with Crippen LogP contribution in [0, 0.1) is 6.92 Å². The molecule has 0 atom stereocenters. The van der Waals surface area contributed by atoms with E-state index in [0.717, 1.165) is 22.5 Å². The van der Waals surface area contributed by atoms with E-state index in [1.54, 1.807) is 0 Å². The van der Waals surface area contributed by atoms with E-state index in [9.17, 15) is 4.79 Å². The van der Waals surface area contributed by atoms with Gasteiger partial charge in [-0.05, 0) is 55.0 Å². The van der Waals surface area contributed by atoms with Crippen molar-refractivity contribution in [1.29, 1.82) is 0 Å². The Hall–Kier alpha value is -2.56. The van der Waals surface area contributed by atoms with E-state index in [1.165, 1.54) is 18.2 Å². The van der Waals surface area contributed by atoms with Crippen molar-refractivity contribution < 1.29 is 4.79 Å². The molecule has 1 saturated carbocycles. The third-order valence-electron chi connectivity index (χ3n) is 4.12. The van der Waals surface area contributed by atoms with Gasteiger partial charge in [-0.3, -0.25) is 9.89 Å². The highest BCUT2D eigenvalue weighted by Gasteiger charge is 2.26. The predicted molar refractivity (Wildman–Crippen MR) is 84.8 cm³/mol. The van der Waals surface area contributed by atoms with Crippen molar-refractivity contribution >= 4 is 16.8 Å². The van der Waals surface area contributed by atoms with Crippen molar-refractivity contribution in [2.24, 2.45) is 0 Å². The molecule has 4 rings (SSSR count). The molecule has 1 aromatic carbocycles. The van der Waals surface area contributed by atoms with Crippen LogP contribution in [-0.4, -0.2) is 21.1 Å². The molecule has 0 spiro atoms. The van der Waals surface area contributed by atoms with Crippen molar-refractivity contribution in [3.63, 3.8) is 0 Å². The van der Waals surface area contributed by atoms with E-state index in [4.69, 9.17) is 0 Å². The number of rotatable bonds is 4. The zero-order valence-corrected chi connectivity index (χ0v) is 12.4. The molecule has 5 heteroatoms. The second-order valence-corrected chi connectivity index (χ2v) is 6.04. The van der Waals surface area contributed by atoms with Crippen molar-refractivity contribution in [1.82, 2.24) is 20.5 Å². The van der Waals surface area contributed by atoms with Gasteiger partial charge in [-0.2, -0.15) is 5.10 Å². The zero-order valence-electron chi connectivity index (χ0n) is 12.4. The third-order valence-corrected chi connectivity index (χ3v) is 4.12. The number of hydrogen-bond acceptors (Lipinski definition) is 2. The Kier molecular flexibility index (Phi) is 2.99. The number of H-pyrrole nitrogens is 2. The Morgan fingerprint density at radius 2 is 2.18 bits per heavy atom. The molecular formula is C17H18N4O. The molecule has 0 saturated heterocycles. The van der Waals surface area contributed by atoms with Crippen LogP contribution in [-0.2, 0) is 6.54 Å². The van der Waals surface area contributed by atoms with Gasteiger partial charge in [0.25, 0.3) is 5.91 Å². The molecule has 1 fully saturated rings. The Labute approximate surface area is 128 Å². The van der Waals surface area contributed by atoms with Crippen LogP contribution in [0.15, 0.2) is 30.3 Å². The van der Waals surface area contributed by atoms with Gasteiger partial charge in [0.2, 0.25) is 0 Å². The number of amides is 1. The van der Waals surface area contributed by atoms with Crippen LogP contribution in [0.3, 0.4) is 0 Å². The first-order valence-corrected chi connectivity index (χ1v) is 7.61. The van der Waals surface area contributed by atoms with Gasteiger partial charge in [0.1, 0.15) is 5.69 Å². The molecule has 1 aliphatic carbocycles. The van der Waals surface area contributed by atoms with Crippen LogP contribution in [0.1, 0.15) is 46.2 Å². The first kappa shape index (κ1) is 13.1. The van der Waals surface area contributed by atoms with Crippen LogP contribution in [0.4, 0.5) is 0 Å². The summed E-state index contributed by atoms with van der Waals surface area (Å²) in [5.41, 5.74) is 4.89. The SMILES string of the molecule is Cc1cc2cc(CNC(=O)c3cc(C4CC4)[nH]n3)ccc2[nH]1. The number of aromatic nitrogens is 3. The number of nitrogens with zero attached hydrogens (tertiary/aromatic N) is 1. The van der Waals surface area contributed by atoms with Crippen molar-refractivity contribution in [2.45, 2.75) is 32.2 Å². The number of carbonyl (C=O) groups is 1. The summed E-state index contributed by atoms with van der Waals surface area (Å²) in [4.78, 5) is 15.4. The van der Waals surface area contributed by atoms with E-state index >= 15 is 0 Å². The maximum atomic E-state index is 12.1. The summed E-state index contributed by atoms with van der Waals surface area (Å²) in [6.45, 7) is 2.54. The second kappa shape index (κ2) is 5.02. The number of carbonyl (C=O) groups excluding carboxylic acids is 1. The average Bonchev–Trinajstić information content (AvgIpc) is 3.11. The van der Waals surface area contributed by atoms with Crippen LogP contribution < -0.4 is 5.32 Å². The molecule has 3 N–H and O–H groups in total. The predicted octanol–water partition coefficient (Wildman–Crippen LogP) is 3.01. The monoisotopic (exact) mass is 294 g/mol. The number of benzene rings is 1. The van der Waals surface area contributed by atoms with Crippen LogP contribution in [0.5, 0.6) is 0 Å². The first-order chi connectivity index (χ1) is 10.7. The molecule has 22 heavy (non-hydrogen) atoms. The van der Waals surface area contributed by atoms with Gasteiger partial charge >= 0.3 is 0 Å². The van der Waals surface area contributed by atoms with Gasteiger partial charge in [0, 0.05) is 29.4 Å². The third kappa shape index (κ3) is 2.50. The number of nitrogens with one attached hydrogen (secondary N) is 3. The van der Waals surface area contributed by atoms with Gasteiger partial charge in [0.05, 0.1) is 0 Å². The lowest BCUT2D eigenvalue weighted by Crippen LogP contribution is -2.23. The van der Waals surface area contributed by atoms with Crippen LogP contribution in [0.25, 0.3) is 10.9 Å². The Morgan fingerprint density at radius 3 is 3.00 bits per heavy atom. The van der Waals surface area contributed by atoms with E-state index in [1.807, 2.05) is 25.1 Å². The summed E-state index contributed by atoms with van der Waals surface area (Å²) in [6, 6.07) is 10.1. The maximum Gasteiger partial charge on any atom is 0.272 e. The van der Waals surface area contributed by atoms with Crippen LogP contribution in [0.2, 0.25) is 0 Å². The molecule has 0 bridgehead atoms.